The fraction of sp³-hybridized carbons (Fsp3) is 0.500. The zero-order valence-corrected chi connectivity index (χ0v) is 24.3. The highest BCUT2D eigenvalue weighted by Gasteiger charge is 2.44. The lowest BCUT2D eigenvalue weighted by atomic mass is 9.81. The van der Waals surface area contributed by atoms with Gasteiger partial charge < -0.3 is 15.1 Å². The van der Waals surface area contributed by atoms with Crippen LogP contribution in [0.25, 0.3) is 0 Å². The van der Waals surface area contributed by atoms with E-state index in [-0.39, 0.29) is 35.2 Å². The van der Waals surface area contributed by atoms with Crippen molar-refractivity contribution in [2.24, 2.45) is 5.92 Å². The second-order valence-electron chi connectivity index (χ2n) is 10.7. The van der Waals surface area contributed by atoms with E-state index >= 15 is 0 Å². The van der Waals surface area contributed by atoms with Gasteiger partial charge in [-0.2, -0.15) is 0 Å². The molecule has 2 aliphatic rings. The van der Waals surface area contributed by atoms with E-state index < -0.39 is 21.8 Å². The van der Waals surface area contributed by atoms with Gasteiger partial charge in [-0.3, -0.25) is 9.59 Å². The number of hydrogen-bond acceptors (Lipinski definition) is 5. The van der Waals surface area contributed by atoms with Crippen molar-refractivity contribution in [1.82, 2.24) is 15.1 Å². The minimum absolute atomic E-state index is 0.0219. The molecule has 2 aromatic rings. The van der Waals surface area contributed by atoms with Crippen molar-refractivity contribution in [1.29, 1.82) is 0 Å². The van der Waals surface area contributed by atoms with Crippen LogP contribution in [0.15, 0.2) is 53.4 Å². The molecule has 1 aliphatic heterocycles. The van der Waals surface area contributed by atoms with Crippen molar-refractivity contribution < 1.29 is 18.0 Å². The lowest BCUT2D eigenvalue weighted by Gasteiger charge is -2.44. The number of nitrogens with one attached hydrogen (secondary N) is 1. The van der Waals surface area contributed by atoms with Crippen molar-refractivity contribution in [3.8, 4) is 0 Å². The predicted molar refractivity (Wildman–Crippen MR) is 150 cm³/mol. The van der Waals surface area contributed by atoms with E-state index in [4.69, 9.17) is 23.2 Å². The van der Waals surface area contributed by atoms with Crippen LogP contribution in [-0.2, 0) is 14.6 Å². The van der Waals surface area contributed by atoms with Gasteiger partial charge in [0.2, 0.25) is 5.91 Å². The molecule has 0 aromatic heterocycles. The molecule has 0 radical (unpaired) electrons. The largest absolute Gasteiger partial charge is 0.340 e. The molecule has 2 aromatic carbocycles. The van der Waals surface area contributed by atoms with E-state index in [1.54, 1.807) is 41.3 Å². The van der Waals surface area contributed by atoms with Crippen LogP contribution in [-0.4, -0.2) is 73.5 Å². The molecule has 2 amide bonds. The molecule has 0 bridgehead atoms. The molecule has 1 heterocycles. The van der Waals surface area contributed by atoms with Crippen molar-refractivity contribution in [2.45, 2.75) is 68.6 Å². The van der Waals surface area contributed by atoms with Gasteiger partial charge in [0.1, 0.15) is 6.04 Å². The molecular weight excluding hydrogens is 545 g/mol. The number of nitrogens with zero attached hydrogens (tertiary/aromatic N) is 2. The lowest BCUT2D eigenvalue weighted by Crippen LogP contribution is -2.53. The van der Waals surface area contributed by atoms with Crippen molar-refractivity contribution >= 4 is 44.9 Å². The topological polar surface area (TPSA) is 86.8 Å². The number of carbonyl (C=O) groups is 2. The van der Waals surface area contributed by atoms with E-state index in [1.807, 2.05) is 0 Å². The van der Waals surface area contributed by atoms with Gasteiger partial charge in [-0.1, -0.05) is 41.4 Å². The summed E-state index contributed by atoms with van der Waals surface area (Å²) in [6.45, 7) is 4.73. The summed E-state index contributed by atoms with van der Waals surface area (Å²) in [6, 6.07) is 12.7. The highest BCUT2D eigenvalue weighted by atomic mass is 35.5. The van der Waals surface area contributed by atoms with Crippen molar-refractivity contribution in [3.63, 3.8) is 0 Å². The van der Waals surface area contributed by atoms with Crippen LogP contribution in [0.3, 0.4) is 0 Å². The molecule has 1 saturated heterocycles. The third-order valence-electron chi connectivity index (χ3n) is 7.91. The van der Waals surface area contributed by atoms with Crippen LogP contribution in [0.2, 0.25) is 10.0 Å². The molecule has 3 unspecified atom stereocenters. The second-order valence-corrected chi connectivity index (χ2v) is 13.6. The van der Waals surface area contributed by atoms with Crippen LogP contribution in [0.5, 0.6) is 0 Å². The Labute approximate surface area is 235 Å². The van der Waals surface area contributed by atoms with Gasteiger partial charge in [0, 0.05) is 40.3 Å². The van der Waals surface area contributed by atoms with E-state index in [9.17, 15) is 18.0 Å². The smallest absolute Gasteiger partial charge is 0.252 e. The molecule has 0 spiro atoms. The number of halogens is 2. The first-order chi connectivity index (χ1) is 18.0. The quantitative estimate of drug-likeness (QED) is 0.491. The third kappa shape index (κ3) is 6.53. The first-order valence-corrected chi connectivity index (χ1v) is 15.4. The number of hydrogen-bond donors (Lipinski definition) is 1. The lowest BCUT2D eigenvalue weighted by molar-refractivity contribution is -0.133. The van der Waals surface area contributed by atoms with Crippen molar-refractivity contribution in [3.05, 3.63) is 64.1 Å². The molecule has 2 fully saturated rings. The van der Waals surface area contributed by atoms with E-state index in [1.165, 1.54) is 12.1 Å². The number of sulfone groups is 1. The average Bonchev–Trinajstić information content (AvgIpc) is 3.22. The molecule has 206 valence electrons. The maximum atomic E-state index is 13.5. The Morgan fingerprint density at radius 2 is 1.74 bits per heavy atom. The van der Waals surface area contributed by atoms with Gasteiger partial charge in [-0.15, -0.1) is 0 Å². The first kappa shape index (κ1) is 28.9. The SMILES string of the molecule is CC(C)N(C)C1CCC(N2CCC(NC(=O)c3cc(Cl)cc(Cl)c3)C2=O)[C@H](CS(=O)(=O)c2ccccc2)C1. The fourth-order valence-electron chi connectivity index (χ4n) is 5.70. The van der Waals surface area contributed by atoms with Gasteiger partial charge >= 0.3 is 0 Å². The van der Waals surface area contributed by atoms with E-state index in [0.29, 0.717) is 46.8 Å². The van der Waals surface area contributed by atoms with Gasteiger partial charge in [-0.05, 0) is 82.8 Å². The third-order valence-corrected chi connectivity index (χ3v) is 10.2. The number of amides is 2. The molecule has 1 N–H and O–H groups in total. The minimum Gasteiger partial charge on any atom is -0.340 e. The second kappa shape index (κ2) is 11.9. The number of carbonyl (C=O) groups excluding carboxylic acids is 2. The van der Waals surface area contributed by atoms with Crippen LogP contribution >= 0.6 is 23.2 Å². The Morgan fingerprint density at radius 3 is 2.37 bits per heavy atom. The minimum atomic E-state index is -3.54. The van der Waals surface area contributed by atoms with Crippen LogP contribution in [0.4, 0.5) is 0 Å². The summed E-state index contributed by atoms with van der Waals surface area (Å²) in [5, 5.41) is 3.51. The zero-order chi connectivity index (χ0) is 27.6. The Balaban J connectivity index is 1.52. The van der Waals surface area contributed by atoms with Crippen LogP contribution < -0.4 is 5.32 Å². The Kier molecular flexibility index (Phi) is 9.07. The highest BCUT2D eigenvalue weighted by Crippen LogP contribution is 2.36. The molecular formula is C28H35Cl2N3O4S. The molecule has 1 aliphatic carbocycles. The van der Waals surface area contributed by atoms with Gasteiger partial charge in [0.05, 0.1) is 10.6 Å². The molecule has 1 saturated carbocycles. The number of likely N-dealkylation sites (tertiary alicyclic amines) is 1. The summed E-state index contributed by atoms with van der Waals surface area (Å²) < 4.78 is 26.8. The summed E-state index contributed by atoms with van der Waals surface area (Å²) in [7, 11) is -1.46. The fourth-order valence-corrected chi connectivity index (χ4v) is 7.91. The highest BCUT2D eigenvalue weighted by molar-refractivity contribution is 7.91. The predicted octanol–water partition coefficient (Wildman–Crippen LogP) is 4.68. The number of benzene rings is 2. The van der Waals surface area contributed by atoms with Gasteiger partial charge in [0.25, 0.3) is 5.91 Å². The van der Waals surface area contributed by atoms with Crippen LogP contribution in [0, 0.1) is 5.92 Å². The molecule has 38 heavy (non-hydrogen) atoms. The Bertz CT molecular complexity index is 1250. The number of rotatable bonds is 8. The standard InChI is InChI=1S/C28H35Cl2N3O4S/c1-18(2)32(3)23-9-10-26(20(15-23)17-38(36,37)24-7-5-4-6-8-24)33-12-11-25(28(33)35)31-27(34)19-13-21(29)16-22(30)14-19/h4-8,13-14,16,18,20,23,25-26H,9-12,15,17H2,1-3H3,(H,31,34)/t20-,23?,25?,26?/m0/s1. The van der Waals surface area contributed by atoms with E-state index in [0.717, 1.165) is 6.42 Å². The molecule has 4 atom stereocenters. The summed E-state index contributed by atoms with van der Waals surface area (Å²) in [4.78, 5) is 30.7. The van der Waals surface area contributed by atoms with Gasteiger partial charge in [0.15, 0.2) is 9.84 Å². The van der Waals surface area contributed by atoms with E-state index in [2.05, 4.69) is 31.1 Å². The van der Waals surface area contributed by atoms with Crippen LogP contribution in [0.1, 0.15) is 49.9 Å². The summed E-state index contributed by atoms with van der Waals surface area (Å²) in [5.74, 6) is -0.828. The molecule has 10 heteroatoms. The van der Waals surface area contributed by atoms with Gasteiger partial charge in [-0.25, -0.2) is 8.42 Å². The monoisotopic (exact) mass is 579 g/mol. The maximum Gasteiger partial charge on any atom is 0.252 e. The normalized spacial score (nSPS) is 24.3. The maximum absolute atomic E-state index is 13.5. The Morgan fingerprint density at radius 1 is 1.08 bits per heavy atom. The average molecular weight is 581 g/mol. The summed E-state index contributed by atoms with van der Waals surface area (Å²) in [6.07, 6.45) is 2.74. The molecule has 4 rings (SSSR count). The molecule has 7 nitrogen and oxygen atoms in total. The van der Waals surface area contributed by atoms with Crippen molar-refractivity contribution in [2.75, 3.05) is 19.3 Å². The first-order valence-electron chi connectivity index (χ1n) is 13.0. The summed E-state index contributed by atoms with van der Waals surface area (Å²) in [5.41, 5.74) is 0.290. The zero-order valence-electron chi connectivity index (χ0n) is 21.9. The summed E-state index contributed by atoms with van der Waals surface area (Å²) >= 11 is 12.1. The Hall–Kier alpha value is -2.13.